The molecular weight excluding hydrogens is 162 g/mol. The maximum Gasteiger partial charge on any atom is 0.0259 e. The van der Waals surface area contributed by atoms with Crippen molar-refractivity contribution in [2.45, 2.75) is 25.4 Å². The minimum absolute atomic E-state index is 0.698. The van der Waals surface area contributed by atoms with Gasteiger partial charge in [0.15, 0.2) is 0 Å². The Morgan fingerprint density at radius 3 is 2.38 bits per heavy atom. The van der Waals surface area contributed by atoms with Crippen molar-refractivity contribution in [3.63, 3.8) is 0 Å². The third-order valence-corrected chi connectivity index (χ3v) is 3.49. The summed E-state index contributed by atoms with van der Waals surface area (Å²) in [4.78, 5) is 5.08. The number of likely N-dealkylation sites (N-methyl/N-ethyl adjacent to an activating group) is 1. The zero-order valence-electron chi connectivity index (χ0n) is 8.79. The van der Waals surface area contributed by atoms with E-state index in [9.17, 15) is 0 Å². The van der Waals surface area contributed by atoms with Crippen LogP contribution in [-0.4, -0.2) is 61.7 Å². The van der Waals surface area contributed by atoms with Crippen molar-refractivity contribution >= 4 is 0 Å². The summed E-state index contributed by atoms with van der Waals surface area (Å²) in [7, 11) is 2.22. The van der Waals surface area contributed by atoms with Crippen LogP contribution in [0.4, 0.5) is 0 Å². The van der Waals surface area contributed by atoms with Crippen LogP contribution in [0, 0.1) is 0 Å². The van der Waals surface area contributed by atoms with Gasteiger partial charge in [-0.05, 0) is 26.9 Å². The van der Waals surface area contributed by atoms with E-state index in [0.717, 1.165) is 6.04 Å². The van der Waals surface area contributed by atoms with Gasteiger partial charge in [-0.1, -0.05) is 0 Å². The second-order valence-electron chi connectivity index (χ2n) is 4.44. The summed E-state index contributed by atoms with van der Waals surface area (Å²) in [6, 6.07) is 1.50. The predicted molar refractivity (Wildman–Crippen MR) is 54.9 cm³/mol. The highest BCUT2D eigenvalue weighted by atomic mass is 15.3. The van der Waals surface area contributed by atoms with Crippen LogP contribution in [0.15, 0.2) is 0 Å². The van der Waals surface area contributed by atoms with Gasteiger partial charge in [0.1, 0.15) is 0 Å². The minimum atomic E-state index is 0.698. The molecule has 2 rings (SSSR count). The van der Waals surface area contributed by atoms with Gasteiger partial charge in [-0.15, -0.1) is 0 Å². The summed E-state index contributed by atoms with van der Waals surface area (Å²) in [6.45, 7) is 8.51. The first-order chi connectivity index (χ1) is 6.27. The van der Waals surface area contributed by atoms with Crippen molar-refractivity contribution < 1.29 is 0 Å². The van der Waals surface area contributed by atoms with Gasteiger partial charge in [-0.25, -0.2) is 0 Å². The minimum Gasteiger partial charge on any atom is -0.313 e. The molecule has 0 aromatic rings. The van der Waals surface area contributed by atoms with E-state index < -0.39 is 0 Å². The molecule has 0 saturated carbocycles. The molecule has 2 atom stereocenters. The average molecular weight is 183 g/mol. The summed E-state index contributed by atoms with van der Waals surface area (Å²) in [5.74, 6) is 0. The fourth-order valence-corrected chi connectivity index (χ4v) is 2.50. The predicted octanol–water partition coefficient (Wildman–Crippen LogP) is -0.0158. The van der Waals surface area contributed by atoms with Gasteiger partial charge >= 0.3 is 0 Å². The van der Waals surface area contributed by atoms with Crippen LogP contribution in [0.1, 0.15) is 13.3 Å². The molecule has 0 spiro atoms. The maximum atomic E-state index is 3.52. The van der Waals surface area contributed by atoms with Crippen molar-refractivity contribution in [1.29, 1.82) is 0 Å². The highest BCUT2D eigenvalue weighted by Gasteiger charge is 2.29. The van der Waals surface area contributed by atoms with Crippen molar-refractivity contribution in [2.24, 2.45) is 0 Å². The molecular formula is C10H21N3. The van der Waals surface area contributed by atoms with Crippen LogP contribution in [0.5, 0.6) is 0 Å². The molecule has 3 heteroatoms. The fraction of sp³-hybridized carbons (Fsp3) is 1.00. The molecule has 0 radical (unpaired) electrons. The lowest BCUT2D eigenvalue weighted by atomic mass is 10.1. The smallest absolute Gasteiger partial charge is 0.0259 e. The number of nitrogens with one attached hydrogen (secondary N) is 1. The van der Waals surface area contributed by atoms with Crippen molar-refractivity contribution in [1.82, 2.24) is 15.1 Å². The lowest BCUT2D eigenvalue weighted by Crippen LogP contribution is -2.51. The summed E-state index contributed by atoms with van der Waals surface area (Å²) in [5.41, 5.74) is 0. The van der Waals surface area contributed by atoms with Gasteiger partial charge in [0, 0.05) is 38.3 Å². The van der Waals surface area contributed by atoms with Gasteiger partial charge in [-0.2, -0.15) is 0 Å². The van der Waals surface area contributed by atoms with Crippen LogP contribution >= 0.6 is 0 Å². The van der Waals surface area contributed by atoms with Gasteiger partial charge in [0.25, 0.3) is 0 Å². The van der Waals surface area contributed by atoms with E-state index in [4.69, 9.17) is 0 Å². The second-order valence-corrected chi connectivity index (χ2v) is 4.44. The van der Waals surface area contributed by atoms with Gasteiger partial charge in [0.2, 0.25) is 0 Å². The Morgan fingerprint density at radius 1 is 1.15 bits per heavy atom. The molecule has 2 saturated heterocycles. The number of hydrogen-bond donors (Lipinski definition) is 1. The van der Waals surface area contributed by atoms with Crippen LogP contribution < -0.4 is 5.32 Å². The first-order valence-corrected chi connectivity index (χ1v) is 5.43. The van der Waals surface area contributed by atoms with E-state index in [1.54, 1.807) is 0 Å². The van der Waals surface area contributed by atoms with Crippen molar-refractivity contribution in [3.8, 4) is 0 Å². The first-order valence-electron chi connectivity index (χ1n) is 5.43. The molecule has 2 aliphatic rings. The van der Waals surface area contributed by atoms with Crippen LogP contribution in [0.25, 0.3) is 0 Å². The largest absolute Gasteiger partial charge is 0.313 e. The fourth-order valence-electron chi connectivity index (χ4n) is 2.50. The summed E-state index contributed by atoms with van der Waals surface area (Å²) < 4.78 is 0. The molecule has 1 N–H and O–H groups in total. The number of hydrogen-bond acceptors (Lipinski definition) is 3. The SMILES string of the molecule is C[C@H]1NCC[C@@H]1N1CCN(C)CC1. The topological polar surface area (TPSA) is 18.5 Å². The first kappa shape index (κ1) is 9.44. The molecule has 76 valence electrons. The molecule has 0 unspecified atom stereocenters. The summed E-state index contributed by atoms with van der Waals surface area (Å²) in [5, 5.41) is 3.52. The Kier molecular flexibility index (Phi) is 2.86. The number of rotatable bonds is 1. The monoisotopic (exact) mass is 183 g/mol. The zero-order chi connectivity index (χ0) is 9.26. The molecule has 2 fully saturated rings. The second kappa shape index (κ2) is 3.95. The molecule has 0 aliphatic carbocycles. The Labute approximate surface area is 81.1 Å². The third kappa shape index (κ3) is 2.03. The molecule has 13 heavy (non-hydrogen) atoms. The molecule has 2 heterocycles. The zero-order valence-corrected chi connectivity index (χ0v) is 8.79. The van der Waals surface area contributed by atoms with Gasteiger partial charge < -0.3 is 10.2 Å². The summed E-state index contributed by atoms with van der Waals surface area (Å²) in [6.07, 6.45) is 1.34. The Balaban J connectivity index is 1.86. The average Bonchev–Trinajstić information content (AvgIpc) is 2.53. The third-order valence-electron chi connectivity index (χ3n) is 3.49. The Hall–Kier alpha value is -0.120. The van der Waals surface area contributed by atoms with E-state index >= 15 is 0 Å². The highest BCUT2D eigenvalue weighted by molar-refractivity contribution is 4.89. The molecule has 2 aliphatic heterocycles. The van der Waals surface area contributed by atoms with Crippen LogP contribution in [0.3, 0.4) is 0 Å². The Morgan fingerprint density at radius 2 is 1.85 bits per heavy atom. The standard InChI is InChI=1S/C10H21N3/c1-9-10(3-4-11-9)13-7-5-12(2)6-8-13/h9-11H,3-8H2,1-2H3/t9-,10+/m1/s1. The number of piperazine rings is 1. The number of nitrogens with zero attached hydrogens (tertiary/aromatic N) is 2. The Bertz CT molecular complexity index is 164. The highest BCUT2D eigenvalue weighted by Crippen LogP contribution is 2.16. The van der Waals surface area contributed by atoms with E-state index in [1.807, 2.05) is 0 Å². The molecule has 0 amide bonds. The molecule has 0 aromatic heterocycles. The van der Waals surface area contributed by atoms with E-state index in [1.165, 1.54) is 39.1 Å². The lowest BCUT2D eigenvalue weighted by Gasteiger charge is -2.37. The van der Waals surface area contributed by atoms with Crippen LogP contribution in [0.2, 0.25) is 0 Å². The van der Waals surface area contributed by atoms with E-state index in [2.05, 4.69) is 29.1 Å². The van der Waals surface area contributed by atoms with Gasteiger partial charge in [-0.3, -0.25) is 4.90 Å². The maximum absolute atomic E-state index is 3.52. The van der Waals surface area contributed by atoms with Gasteiger partial charge in [0.05, 0.1) is 0 Å². The molecule has 3 nitrogen and oxygen atoms in total. The van der Waals surface area contributed by atoms with E-state index in [-0.39, 0.29) is 0 Å². The molecule has 0 aromatic carbocycles. The molecule has 0 bridgehead atoms. The van der Waals surface area contributed by atoms with E-state index in [0.29, 0.717) is 6.04 Å². The quantitative estimate of drug-likeness (QED) is 0.616. The lowest BCUT2D eigenvalue weighted by molar-refractivity contribution is 0.107. The summed E-state index contributed by atoms with van der Waals surface area (Å²) >= 11 is 0. The van der Waals surface area contributed by atoms with Crippen LogP contribution in [-0.2, 0) is 0 Å². The normalized spacial score (nSPS) is 38.3. The van der Waals surface area contributed by atoms with Crippen molar-refractivity contribution in [3.05, 3.63) is 0 Å². The van der Waals surface area contributed by atoms with Crippen molar-refractivity contribution in [2.75, 3.05) is 39.8 Å².